The zero-order chi connectivity index (χ0) is 60.3. The summed E-state index contributed by atoms with van der Waals surface area (Å²) in [6.45, 7) is 11.7. The second-order valence-corrected chi connectivity index (χ2v) is 19.8. The van der Waals surface area contributed by atoms with Crippen molar-refractivity contribution in [1.82, 2.24) is 47.9 Å². The van der Waals surface area contributed by atoms with Crippen LogP contribution in [0.2, 0.25) is 0 Å². The molecule has 442 valence electrons. The maximum atomic E-state index is 14.2. The molecular weight excluding hydrogens is 1040 g/mol. The van der Waals surface area contributed by atoms with Gasteiger partial charge in [0, 0.05) is 13.0 Å². The molecule has 79 heavy (non-hydrogen) atoms. The van der Waals surface area contributed by atoms with Gasteiger partial charge in [-0.3, -0.25) is 57.7 Å². The Labute approximate surface area is 457 Å². The van der Waals surface area contributed by atoms with Crippen molar-refractivity contribution in [2.45, 2.75) is 155 Å². The lowest BCUT2D eigenvalue weighted by Crippen LogP contribution is -2.61. The van der Waals surface area contributed by atoms with E-state index in [1.165, 1.54) is 31.2 Å². The second-order valence-electron chi connectivity index (χ2n) is 19.8. The fraction of sp³-hybridized carbons (Fsp3) is 0.620. The van der Waals surface area contributed by atoms with Crippen LogP contribution in [0.25, 0.3) is 0 Å². The van der Waals surface area contributed by atoms with Crippen LogP contribution in [0.5, 0.6) is 5.75 Å². The van der Waals surface area contributed by atoms with Gasteiger partial charge in [0.25, 0.3) is 0 Å². The first kappa shape index (κ1) is 68.9. The van der Waals surface area contributed by atoms with Gasteiger partial charge < -0.3 is 85.5 Å². The summed E-state index contributed by atoms with van der Waals surface area (Å²) in [6.07, 6.45) is -1.62. The van der Waals surface area contributed by atoms with Gasteiger partial charge in [0.1, 0.15) is 54.1 Å². The predicted octanol–water partition coefficient (Wildman–Crippen LogP) is -3.23. The van der Waals surface area contributed by atoms with Crippen LogP contribution in [0, 0.1) is 23.7 Å². The lowest BCUT2D eigenvalue weighted by molar-refractivity contribution is -0.143. The number of carboxylic acid groups (broad SMARTS) is 3. The Morgan fingerprint density at radius 3 is 1.48 bits per heavy atom. The standard InChI is InChI=1S/C50H81N13O16/c1-9-26(7)40(47(76)59-32(19-28-13-15-29(64)16-14-28)45(74)57-30(12-11-17-54-50(52)53)43(72)62-39(25(5)6)49(78)79)61-36(66)23-55-42(71)33(20-37(67)68)60-48(77)41(27(8)10-2)63-46(75)34(21-38(69)70)58-44(73)31(18-24(3)4)56-35(65)22-51/h13-16,24-27,30-34,39-41,64H,9-12,17-23,51H2,1-8H3,(H,55,71)(H,56,65)(H,57,74)(H,58,73)(H,59,76)(H,60,77)(H,61,66)(H,62,72)(H,63,75)(H,67,68)(H,69,70)(H,78,79)(H4,52,53,54)/t26-,27-,30-,31-,32-,33-,34-,39-,40-,41-/m0/s1. The van der Waals surface area contributed by atoms with Crippen molar-refractivity contribution in [2.75, 3.05) is 19.6 Å². The number of aromatic hydroxyl groups is 1. The van der Waals surface area contributed by atoms with Crippen molar-refractivity contribution in [3.63, 3.8) is 0 Å². The van der Waals surface area contributed by atoms with Crippen molar-refractivity contribution in [3.05, 3.63) is 29.8 Å². The molecule has 0 radical (unpaired) electrons. The van der Waals surface area contributed by atoms with Crippen molar-refractivity contribution in [1.29, 1.82) is 0 Å². The number of hydrogen-bond acceptors (Lipinski definition) is 15. The van der Waals surface area contributed by atoms with Crippen molar-refractivity contribution in [2.24, 2.45) is 45.9 Å². The Morgan fingerprint density at radius 1 is 0.544 bits per heavy atom. The molecule has 0 saturated heterocycles. The molecule has 10 atom stereocenters. The maximum absolute atomic E-state index is 14.2. The van der Waals surface area contributed by atoms with Gasteiger partial charge in [-0.25, -0.2) is 4.79 Å². The van der Waals surface area contributed by atoms with E-state index in [4.69, 9.17) is 17.2 Å². The Bertz CT molecular complexity index is 2310. The molecule has 0 saturated carbocycles. The van der Waals surface area contributed by atoms with Gasteiger partial charge in [0.05, 0.1) is 25.9 Å². The van der Waals surface area contributed by atoms with Crippen molar-refractivity contribution in [3.8, 4) is 5.75 Å². The Balaban J connectivity index is 3.44. The molecule has 1 aromatic carbocycles. The van der Waals surface area contributed by atoms with Gasteiger partial charge in [0.15, 0.2) is 5.96 Å². The third-order valence-electron chi connectivity index (χ3n) is 12.4. The number of phenols is 1. The summed E-state index contributed by atoms with van der Waals surface area (Å²) in [5.74, 6) is -15.6. The number of nitrogens with one attached hydrogen (secondary N) is 9. The minimum atomic E-state index is -1.88. The second kappa shape index (κ2) is 34.6. The number of carbonyl (C=O) groups excluding carboxylic acids is 9. The van der Waals surface area contributed by atoms with Crippen LogP contribution in [-0.4, -0.2) is 165 Å². The van der Waals surface area contributed by atoms with E-state index in [-0.39, 0.29) is 62.7 Å². The number of aliphatic carboxylic acids is 3. The van der Waals surface area contributed by atoms with Gasteiger partial charge in [-0.1, -0.05) is 80.4 Å². The minimum Gasteiger partial charge on any atom is -0.508 e. The van der Waals surface area contributed by atoms with Gasteiger partial charge in [-0.2, -0.15) is 0 Å². The number of carboxylic acids is 3. The number of phenolic OH excluding ortho intramolecular Hbond substituents is 1. The average molecular weight is 1120 g/mol. The van der Waals surface area contributed by atoms with E-state index in [0.29, 0.717) is 5.56 Å². The highest BCUT2D eigenvalue weighted by Crippen LogP contribution is 2.15. The summed E-state index contributed by atoms with van der Waals surface area (Å²) in [5.41, 5.74) is 16.7. The molecule has 1 rings (SSSR count). The highest BCUT2D eigenvalue weighted by molar-refractivity contribution is 5.99. The Hall–Kier alpha value is -8.11. The lowest BCUT2D eigenvalue weighted by Gasteiger charge is -2.29. The van der Waals surface area contributed by atoms with E-state index in [1.54, 1.807) is 48.5 Å². The fourth-order valence-electron chi connectivity index (χ4n) is 7.58. The van der Waals surface area contributed by atoms with Gasteiger partial charge in [-0.05, 0) is 60.6 Å². The molecule has 0 unspecified atom stereocenters. The quantitative estimate of drug-likeness (QED) is 0.0178. The van der Waals surface area contributed by atoms with E-state index < -0.39 is 163 Å². The largest absolute Gasteiger partial charge is 0.508 e. The van der Waals surface area contributed by atoms with E-state index in [1.807, 2.05) is 0 Å². The summed E-state index contributed by atoms with van der Waals surface area (Å²) in [4.78, 5) is 162. The number of aliphatic imine (C=N–C) groups is 1. The molecule has 0 bridgehead atoms. The minimum absolute atomic E-state index is 0.0361. The van der Waals surface area contributed by atoms with Crippen molar-refractivity contribution >= 4 is 77.0 Å². The molecule has 0 spiro atoms. The molecule has 0 aliphatic carbocycles. The van der Waals surface area contributed by atoms with Crippen LogP contribution in [0.4, 0.5) is 0 Å². The fourth-order valence-corrected chi connectivity index (χ4v) is 7.58. The van der Waals surface area contributed by atoms with Crippen LogP contribution in [-0.2, 0) is 64.0 Å². The average Bonchev–Trinajstić information content (AvgIpc) is 3.37. The van der Waals surface area contributed by atoms with E-state index in [2.05, 4.69) is 52.8 Å². The van der Waals surface area contributed by atoms with E-state index in [0.717, 1.165) is 0 Å². The van der Waals surface area contributed by atoms with Crippen LogP contribution < -0.4 is 65.1 Å². The number of amides is 9. The van der Waals surface area contributed by atoms with Crippen LogP contribution in [0.3, 0.4) is 0 Å². The number of rotatable bonds is 36. The molecule has 1 aromatic rings. The zero-order valence-electron chi connectivity index (χ0n) is 45.9. The van der Waals surface area contributed by atoms with E-state index >= 15 is 0 Å². The first-order valence-electron chi connectivity index (χ1n) is 25.8. The van der Waals surface area contributed by atoms with Crippen LogP contribution in [0.1, 0.15) is 106 Å². The Morgan fingerprint density at radius 2 is 1.00 bits per heavy atom. The molecule has 29 nitrogen and oxygen atoms in total. The summed E-state index contributed by atoms with van der Waals surface area (Å²) < 4.78 is 0. The first-order chi connectivity index (χ1) is 36.9. The van der Waals surface area contributed by atoms with Crippen LogP contribution >= 0.6 is 0 Å². The molecular formula is C50H81N13O16. The predicted molar refractivity (Wildman–Crippen MR) is 285 cm³/mol. The molecule has 0 aliphatic rings. The highest BCUT2D eigenvalue weighted by Gasteiger charge is 2.37. The van der Waals surface area contributed by atoms with Gasteiger partial charge >= 0.3 is 17.9 Å². The Kier molecular flexibility index (Phi) is 30.2. The summed E-state index contributed by atoms with van der Waals surface area (Å²) in [7, 11) is 0. The van der Waals surface area contributed by atoms with E-state index in [9.17, 15) is 78.0 Å². The third kappa shape index (κ3) is 25.7. The number of guanidine groups is 1. The normalized spacial score (nSPS) is 14.8. The number of benzene rings is 1. The first-order valence-corrected chi connectivity index (χ1v) is 25.8. The molecule has 19 N–H and O–H groups in total. The number of nitrogens with two attached hydrogens (primary N) is 3. The van der Waals surface area contributed by atoms with Gasteiger partial charge in [0.2, 0.25) is 53.2 Å². The molecule has 0 aliphatic heterocycles. The molecule has 29 heteroatoms. The highest BCUT2D eigenvalue weighted by atomic mass is 16.4. The summed E-state index contributed by atoms with van der Waals surface area (Å²) in [6, 6.07) is -6.42. The topological polar surface area (TPSA) is 484 Å². The smallest absolute Gasteiger partial charge is 0.326 e. The number of nitrogens with zero attached hydrogens (tertiary/aromatic N) is 1. The van der Waals surface area contributed by atoms with Gasteiger partial charge in [-0.15, -0.1) is 0 Å². The molecule has 9 amide bonds. The van der Waals surface area contributed by atoms with Crippen molar-refractivity contribution < 1.29 is 78.0 Å². The SMILES string of the molecule is CC[C@H](C)[C@H](NC(=O)CNC(=O)[C@H](CC(=O)O)NC(=O)[C@@H](NC(=O)[C@H](CC(=O)O)NC(=O)[C@H](CC(C)C)NC(=O)CN)[C@@H](C)CC)C(=O)N[C@@H](Cc1ccc(O)cc1)C(=O)N[C@@H](CCCN=C(N)N)C(=O)N[C@H](C(=O)O)C(C)C. The maximum Gasteiger partial charge on any atom is 0.326 e. The van der Waals surface area contributed by atoms with Crippen LogP contribution in [0.15, 0.2) is 29.3 Å². The zero-order valence-corrected chi connectivity index (χ0v) is 45.9. The molecule has 0 heterocycles. The third-order valence-corrected chi connectivity index (χ3v) is 12.4. The molecule has 0 fully saturated rings. The lowest BCUT2D eigenvalue weighted by atomic mass is 9.96. The summed E-state index contributed by atoms with van der Waals surface area (Å²) >= 11 is 0. The molecule has 0 aromatic heterocycles. The monoisotopic (exact) mass is 1120 g/mol. The number of hydrogen-bond donors (Lipinski definition) is 16. The number of carbonyl (C=O) groups is 12. The summed E-state index contributed by atoms with van der Waals surface area (Å²) in [5, 5.41) is 60.7.